The number of phenolic OH excluding ortho intramolecular Hbond substituents is 1. The molecule has 0 aliphatic rings. The highest BCUT2D eigenvalue weighted by Gasteiger charge is 2.21. The van der Waals surface area contributed by atoms with Gasteiger partial charge in [-0.2, -0.15) is 0 Å². The number of carbonyl (C=O) groups is 1. The fraction of sp³-hybridized carbons (Fsp3) is 0.133. The lowest BCUT2D eigenvalue weighted by molar-refractivity contribution is 0.256. The van der Waals surface area contributed by atoms with E-state index in [4.69, 9.17) is 5.73 Å². The van der Waals surface area contributed by atoms with Gasteiger partial charge >= 0.3 is 6.03 Å². The molecule has 0 atom stereocenters. The maximum Gasteiger partial charge on any atom is 0.324 e. The maximum atomic E-state index is 12.0. The monoisotopic (exact) mass is 320 g/mol. The minimum absolute atomic E-state index is 0.0185. The van der Waals surface area contributed by atoms with Crippen LogP contribution in [0.15, 0.2) is 53.4 Å². The van der Waals surface area contributed by atoms with Crippen LogP contribution in [-0.4, -0.2) is 25.3 Å². The van der Waals surface area contributed by atoms with Gasteiger partial charge in [0, 0.05) is 0 Å². The number of benzene rings is 2. The second-order valence-corrected chi connectivity index (χ2v) is 6.84. The molecule has 2 aromatic rings. The number of hydrogen-bond donors (Lipinski definition) is 2. The number of para-hydroxylation sites is 1. The number of sulfone groups is 1. The topological polar surface area (TPSA) is 101 Å². The van der Waals surface area contributed by atoms with E-state index in [-0.39, 0.29) is 22.1 Å². The second-order valence-electron chi connectivity index (χ2n) is 4.56. The summed E-state index contributed by atoms with van der Waals surface area (Å²) in [7, 11) is -3.47. The van der Waals surface area contributed by atoms with Gasteiger partial charge in [-0.05, 0) is 30.3 Å². The Bertz CT molecular complexity index is 788. The van der Waals surface area contributed by atoms with Gasteiger partial charge in [0.25, 0.3) is 0 Å². The highest BCUT2D eigenvalue weighted by molar-refractivity contribution is 7.91. The van der Waals surface area contributed by atoms with Gasteiger partial charge in [0.1, 0.15) is 5.75 Å². The van der Waals surface area contributed by atoms with Crippen LogP contribution in [-0.2, 0) is 9.84 Å². The van der Waals surface area contributed by atoms with Gasteiger partial charge in [-0.25, -0.2) is 13.2 Å². The Morgan fingerprint density at radius 1 is 1.18 bits per heavy atom. The number of carbonyl (C=O) groups excluding carboxylic acids is 1. The standard InChI is InChI=1S/C15H16N2O4S/c1-2-22(20,21)12-8-9-14(18)13(10-12)17(15(16)19)11-6-4-3-5-7-11/h3-10,18H,2H2,1H3,(H2,16,19). The molecule has 7 heteroatoms. The second kappa shape index (κ2) is 6.07. The Morgan fingerprint density at radius 2 is 1.82 bits per heavy atom. The third-order valence-corrected chi connectivity index (χ3v) is 4.89. The SMILES string of the molecule is CCS(=O)(=O)c1ccc(O)c(N(C(N)=O)c2ccccc2)c1. The predicted molar refractivity (Wildman–Crippen MR) is 84.0 cm³/mol. The minimum Gasteiger partial charge on any atom is -0.506 e. The molecule has 22 heavy (non-hydrogen) atoms. The Morgan fingerprint density at radius 3 is 2.36 bits per heavy atom. The number of amides is 2. The zero-order valence-electron chi connectivity index (χ0n) is 11.9. The summed E-state index contributed by atoms with van der Waals surface area (Å²) in [4.78, 5) is 12.8. The third kappa shape index (κ3) is 3.04. The van der Waals surface area contributed by atoms with Gasteiger partial charge in [-0.15, -0.1) is 0 Å². The fourth-order valence-corrected chi connectivity index (χ4v) is 2.90. The first-order chi connectivity index (χ1) is 10.4. The summed E-state index contributed by atoms with van der Waals surface area (Å²) in [6.07, 6.45) is 0. The number of hydrogen-bond acceptors (Lipinski definition) is 4. The van der Waals surface area contributed by atoms with E-state index in [9.17, 15) is 18.3 Å². The number of phenols is 1. The molecule has 6 nitrogen and oxygen atoms in total. The van der Waals surface area contributed by atoms with Gasteiger partial charge in [0.05, 0.1) is 22.0 Å². The highest BCUT2D eigenvalue weighted by Crippen LogP contribution is 2.35. The van der Waals surface area contributed by atoms with E-state index in [1.165, 1.54) is 25.1 Å². The largest absolute Gasteiger partial charge is 0.506 e. The molecular weight excluding hydrogens is 304 g/mol. The zero-order chi connectivity index (χ0) is 16.3. The van der Waals surface area contributed by atoms with Crippen molar-refractivity contribution in [3.8, 4) is 5.75 Å². The van der Waals surface area contributed by atoms with Crippen LogP contribution in [0.3, 0.4) is 0 Å². The van der Waals surface area contributed by atoms with Crippen LogP contribution in [0.25, 0.3) is 0 Å². The van der Waals surface area contributed by atoms with Gasteiger partial charge in [0.15, 0.2) is 9.84 Å². The summed E-state index contributed by atoms with van der Waals surface area (Å²) in [6.45, 7) is 1.52. The molecule has 0 aromatic heterocycles. The van der Waals surface area contributed by atoms with Crippen molar-refractivity contribution in [3.63, 3.8) is 0 Å². The summed E-state index contributed by atoms with van der Waals surface area (Å²) < 4.78 is 24.0. The van der Waals surface area contributed by atoms with Gasteiger partial charge in [-0.3, -0.25) is 4.90 Å². The molecule has 0 fully saturated rings. The van der Waals surface area contributed by atoms with Crippen LogP contribution in [0.1, 0.15) is 6.92 Å². The van der Waals surface area contributed by atoms with Crippen molar-refractivity contribution < 1.29 is 18.3 Å². The fourth-order valence-electron chi connectivity index (χ4n) is 2.00. The molecule has 116 valence electrons. The molecule has 0 aliphatic carbocycles. The van der Waals surface area contributed by atoms with E-state index in [1.54, 1.807) is 30.3 Å². The highest BCUT2D eigenvalue weighted by atomic mass is 32.2. The van der Waals surface area contributed by atoms with E-state index in [0.29, 0.717) is 5.69 Å². The average Bonchev–Trinajstić information content (AvgIpc) is 2.50. The van der Waals surface area contributed by atoms with Crippen LogP contribution in [0.4, 0.5) is 16.2 Å². The van der Waals surface area contributed by atoms with Crippen molar-refractivity contribution >= 4 is 27.2 Å². The summed E-state index contributed by atoms with van der Waals surface area (Å²) in [5, 5.41) is 10.0. The first-order valence-electron chi connectivity index (χ1n) is 6.57. The van der Waals surface area contributed by atoms with E-state index in [1.807, 2.05) is 0 Å². The number of nitrogens with zero attached hydrogens (tertiary/aromatic N) is 1. The molecule has 0 unspecified atom stereocenters. The van der Waals surface area contributed by atoms with Crippen molar-refractivity contribution in [1.82, 2.24) is 0 Å². The molecule has 0 radical (unpaired) electrons. The van der Waals surface area contributed by atoms with Crippen molar-refractivity contribution in [3.05, 3.63) is 48.5 Å². The zero-order valence-corrected chi connectivity index (χ0v) is 12.7. The van der Waals surface area contributed by atoms with Crippen LogP contribution in [0.5, 0.6) is 5.75 Å². The summed E-state index contributed by atoms with van der Waals surface area (Å²) in [5.41, 5.74) is 5.84. The van der Waals surface area contributed by atoms with Crippen LogP contribution in [0, 0.1) is 0 Å². The smallest absolute Gasteiger partial charge is 0.324 e. The molecule has 2 rings (SSSR count). The summed E-state index contributed by atoms with van der Waals surface area (Å²) in [6, 6.07) is 11.4. The Kier molecular flexibility index (Phi) is 4.37. The summed E-state index contributed by atoms with van der Waals surface area (Å²) in [5.74, 6) is -0.322. The molecule has 0 aliphatic heterocycles. The molecule has 2 aromatic carbocycles. The number of urea groups is 1. The summed E-state index contributed by atoms with van der Waals surface area (Å²) >= 11 is 0. The van der Waals surface area contributed by atoms with Crippen LogP contribution >= 0.6 is 0 Å². The Labute approximate surface area is 128 Å². The molecule has 2 amide bonds. The normalized spacial score (nSPS) is 11.1. The first-order valence-corrected chi connectivity index (χ1v) is 8.22. The molecule has 0 spiro atoms. The molecule has 0 heterocycles. The lowest BCUT2D eigenvalue weighted by Crippen LogP contribution is -2.31. The number of aromatic hydroxyl groups is 1. The molecule has 3 N–H and O–H groups in total. The van der Waals surface area contributed by atoms with E-state index in [2.05, 4.69) is 0 Å². The van der Waals surface area contributed by atoms with Crippen molar-refractivity contribution in [2.24, 2.45) is 5.73 Å². The quantitative estimate of drug-likeness (QED) is 0.903. The van der Waals surface area contributed by atoms with Gasteiger partial charge in [-0.1, -0.05) is 25.1 Å². The first kappa shape index (κ1) is 15.8. The average molecular weight is 320 g/mol. The van der Waals surface area contributed by atoms with Crippen molar-refractivity contribution in [2.45, 2.75) is 11.8 Å². The van der Waals surface area contributed by atoms with Crippen LogP contribution < -0.4 is 10.6 Å². The molecule has 0 saturated heterocycles. The van der Waals surface area contributed by atoms with Gasteiger partial charge < -0.3 is 10.8 Å². The number of rotatable bonds is 4. The van der Waals surface area contributed by atoms with Crippen molar-refractivity contribution in [1.29, 1.82) is 0 Å². The van der Waals surface area contributed by atoms with E-state index in [0.717, 1.165) is 4.90 Å². The van der Waals surface area contributed by atoms with Crippen LogP contribution in [0.2, 0.25) is 0 Å². The minimum atomic E-state index is -3.47. The van der Waals surface area contributed by atoms with E-state index >= 15 is 0 Å². The predicted octanol–water partition coefficient (Wildman–Crippen LogP) is 2.40. The molecule has 0 bridgehead atoms. The Balaban J connectivity index is 2.63. The number of primary amides is 1. The maximum absolute atomic E-state index is 12.0. The number of nitrogens with two attached hydrogens (primary N) is 1. The van der Waals surface area contributed by atoms with E-state index < -0.39 is 15.9 Å². The molecular formula is C15H16N2O4S. The Hall–Kier alpha value is -2.54. The lowest BCUT2D eigenvalue weighted by Gasteiger charge is -2.22. The van der Waals surface area contributed by atoms with Crippen molar-refractivity contribution in [2.75, 3.05) is 10.7 Å². The third-order valence-electron chi connectivity index (χ3n) is 3.16. The number of anilines is 2. The lowest BCUT2D eigenvalue weighted by atomic mass is 10.2. The molecule has 0 saturated carbocycles. The van der Waals surface area contributed by atoms with Gasteiger partial charge in [0.2, 0.25) is 0 Å².